The number of anilines is 2. The summed E-state index contributed by atoms with van der Waals surface area (Å²) in [5, 5.41) is 12.1. The van der Waals surface area contributed by atoms with Gasteiger partial charge in [-0.05, 0) is 24.5 Å². The van der Waals surface area contributed by atoms with Gasteiger partial charge in [0.2, 0.25) is 11.0 Å². The maximum atomic E-state index is 12.4. The summed E-state index contributed by atoms with van der Waals surface area (Å²) in [6, 6.07) is 7.57. The van der Waals surface area contributed by atoms with Crippen LogP contribution in [0.3, 0.4) is 0 Å². The lowest BCUT2D eigenvalue weighted by Crippen LogP contribution is -2.23. The van der Waals surface area contributed by atoms with Crippen LogP contribution >= 0.6 is 23.1 Å². The lowest BCUT2D eigenvalue weighted by Gasteiger charge is -2.15. The van der Waals surface area contributed by atoms with Gasteiger partial charge < -0.3 is 10.6 Å². The lowest BCUT2D eigenvalue weighted by atomic mass is 10.0. The van der Waals surface area contributed by atoms with Gasteiger partial charge in [0.05, 0.1) is 5.25 Å². The van der Waals surface area contributed by atoms with Crippen molar-refractivity contribution in [2.45, 2.75) is 42.5 Å². The van der Waals surface area contributed by atoms with Crippen LogP contribution in [0.4, 0.5) is 24.0 Å². The molecule has 26 heavy (non-hydrogen) atoms. The van der Waals surface area contributed by atoms with Crippen molar-refractivity contribution in [3.05, 3.63) is 29.8 Å². The lowest BCUT2D eigenvalue weighted by molar-refractivity contribution is -0.116. The Bertz CT molecular complexity index is 749. The molecule has 0 spiro atoms. The number of benzene rings is 1. The van der Waals surface area contributed by atoms with Gasteiger partial charge in [-0.3, -0.25) is 4.79 Å². The largest absolute Gasteiger partial charge is 0.405 e. The maximum Gasteiger partial charge on any atom is 0.405 e. The third kappa shape index (κ3) is 6.17. The van der Waals surface area contributed by atoms with Gasteiger partial charge in [0.1, 0.15) is 6.54 Å². The number of hydrogen-bond donors (Lipinski definition) is 2. The van der Waals surface area contributed by atoms with E-state index in [4.69, 9.17) is 0 Å². The van der Waals surface area contributed by atoms with E-state index in [9.17, 15) is 18.0 Å². The fourth-order valence-electron chi connectivity index (χ4n) is 2.06. The summed E-state index contributed by atoms with van der Waals surface area (Å²) >= 11 is 2.13. The number of aromatic nitrogens is 2. The molecule has 1 aromatic heterocycles. The highest BCUT2D eigenvalue weighted by molar-refractivity contribution is 8.02. The van der Waals surface area contributed by atoms with Crippen LogP contribution < -0.4 is 10.6 Å². The predicted molar refractivity (Wildman–Crippen MR) is 98.9 cm³/mol. The van der Waals surface area contributed by atoms with Crippen LogP contribution in [0.1, 0.15) is 32.3 Å². The Morgan fingerprint density at radius 3 is 2.58 bits per heavy atom. The highest BCUT2D eigenvalue weighted by Crippen LogP contribution is 2.31. The van der Waals surface area contributed by atoms with Crippen LogP contribution in [0.2, 0.25) is 0 Å². The molecule has 142 valence electrons. The minimum atomic E-state index is -4.32. The molecular weight excluding hydrogens is 385 g/mol. The number of halogens is 3. The van der Waals surface area contributed by atoms with Gasteiger partial charge in [0, 0.05) is 5.69 Å². The summed E-state index contributed by atoms with van der Waals surface area (Å²) in [4.78, 5) is 12.4. The maximum absolute atomic E-state index is 12.4. The number of para-hydroxylation sites is 1. The Hall–Kier alpha value is -1.81. The van der Waals surface area contributed by atoms with Crippen LogP contribution in [0.5, 0.6) is 0 Å². The van der Waals surface area contributed by atoms with Gasteiger partial charge in [-0.15, -0.1) is 10.2 Å². The molecule has 0 aliphatic carbocycles. The molecule has 10 heteroatoms. The van der Waals surface area contributed by atoms with Crippen molar-refractivity contribution in [1.29, 1.82) is 0 Å². The van der Waals surface area contributed by atoms with Crippen LogP contribution in [-0.4, -0.2) is 34.1 Å². The molecule has 0 aliphatic heterocycles. The van der Waals surface area contributed by atoms with E-state index in [1.54, 1.807) is 6.92 Å². The molecule has 1 aromatic carbocycles. The molecule has 1 unspecified atom stereocenters. The average Bonchev–Trinajstić information content (AvgIpc) is 3.00. The van der Waals surface area contributed by atoms with Crippen LogP contribution in [-0.2, 0) is 4.79 Å². The molecule has 5 nitrogen and oxygen atoms in total. The molecule has 1 amide bonds. The zero-order valence-electron chi connectivity index (χ0n) is 14.4. The van der Waals surface area contributed by atoms with Crippen molar-refractivity contribution >= 4 is 39.8 Å². The van der Waals surface area contributed by atoms with E-state index in [0.717, 1.165) is 34.3 Å². The molecule has 2 aromatic rings. The molecular formula is C16H19F3N4OS2. The van der Waals surface area contributed by atoms with Gasteiger partial charge in [0.25, 0.3) is 0 Å². The first-order valence-corrected chi connectivity index (χ1v) is 9.56. The first-order chi connectivity index (χ1) is 12.2. The Morgan fingerprint density at radius 1 is 1.23 bits per heavy atom. The molecule has 2 rings (SSSR count). The van der Waals surface area contributed by atoms with E-state index < -0.39 is 18.0 Å². The number of amides is 1. The second-order valence-corrected chi connectivity index (χ2v) is 8.40. The van der Waals surface area contributed by atoms with Gasteiger partial charge in [-0.25, -0.2) is 0 Å². The Labute approximate surface area is 157 Å². The smallest absolute Gasteiger partial charge is 0.351 e. The van der Waals surface area contributed by atoms with Gasteiger partial charge in [-0.1, -0.05) is 55.1 Å². The fourth-order valence-corrected chi connectivity index (χ4v) is 3.95. The summed E-state index contributed by atoms with van der Waals surface area (Å²) in [5.41, 5.74) is 1.79. The molecule has 1 atom stereocenters. The van der Waals surface area contributed by atoms with Gasteiger partial charge in [0.15, 0.2) is 4.34 Å². The normalized spacial score (nSPS) is 12.9. The minimum Gasteiger partial charge on any atom is -0.351 e. The Kier molecular flexibility index (Phi) is 6.87. The predicted octanol–water partition coefficient (Wildman–Crippen LogP) is 4.76. The topological polar surface area (TPSA) is 66.9 Å². The van der Waals surface area contributed by atoms with Gasteiger partial charge in [-0.2, -0.15) is 13.2 Å². The van der Waals surface area contributed by atoms with Gasteiger partial charge >= 0.3 is 6.18 Å². The summed E-state index contributed by atoms with van der Waals surface area (Å²) < 4.78 is 37.0. The Balaban J connectivity index is 1.94. The quantitative estimate of drug-likeness (QED) is 0.652. The van der Waals surface area contributed by atoms with Crippen molar-refractivity contribution in [2.75, 3.05) is 17.2 Å². The SMILES string of the molecule is CC(Sc1nnc(NCC(F)(F)F)s1)C(=O)Nc1ccccc1C(C)C. The molecule has 0 aliphatic rings. The Morgan fingerprint density at radius 2 is 1.92 bits per heavy atom. The standard InChI is InChI=1S/C16H19F3N4OS2/c1-9(2)11-6-4-5-7-12(11)21-13(24)10(3)25-15-23-22-14(26-15)20-8-16(17,18)19/h4-7,9-10H,8H2,1-3H3,(H,20,22)(H,21,24). The van der Waals surface area contributed by atoms with E-state index in [1.807, 2.05) is 38.1 Å². The highest BCUT2D eigenvalue weighted by Gasteiger charge is 2.27. The summed E-state index contributed by atoms with van der Waals surface area (Å²) in [6.07, 6.45) is -4.32. The zero-order chi connectivity index (χ0) is 19.3. The number of nitrogens with zero attached hydrogens (tertiary/aromatic N) is 2. The third-order valence-corrected chi connectivity index (χ3v) is 5.40. The van der Waals surface area contributed by atoms with E-state index in [-0.39, 0.29) is 17.0 Å². The van der Waals surface area contributed by atoms with Crippen molar-refractivity contribution < 1.29 is 18.0 Å². The second kappa shape index (κ2) is 8.72. The molecule has 0 fully saturated rings. The summed E-state index contributed by atoms with van der Waals surface area (Å²) in [5.74, 6) is 0.0583. The van der Waals surface area contributed by atoms with Crippen molar-refractivity contribution in [3.63, 3.8) is 0 Å². The zero-order valence-corrected chi connectivity index (χ0v) is 16.1. The number of rotatable bonds is 7. The molecule has 0 saturated heterocycles. The second-order valence-electron chi connectivity index (χ2n) is 5.83. The summed E-state index contributed by atoms with van der Waals surface area (Å²) in [7, 11) is 0. The summed E-state index contributed by atoms with van der Waals surface area (Å²) in [6.45, 7) is 4.62. The minimum absolute atomic E-state index is 0.0718. The average molecular weight is 404 g/mol. The number of alkyl halides is 3. The number of carbonyl (C=O) groups excluding carboxylic acids is 1. The third-order valence-electron chi connectivity index (χ3n) is 3.33. The van der Waals surface area contributed by atoms with E-state index >= 15 is 0 Å². The first-order valence-electron chi connectivity index (χ1n) is 7.86. The number of hydrogen-bond acceptors (Lipinski definition) is 6. The number of carbonyl (C=O) groups is 1. The number of nitrogens with one attached hydrogen (secondary N) is 2. The molecule has 0 saturated carbocycles. The van der Waals surface area contributed by atoms with E-state index in [0.29, 0.717) is 4.34 Å². The van der Waals surface area contributed by atoms with Crippen molar-refractivity contribution in [3.8, 4) is 0 Å². The fraction of sp³-hybridized carbons (Fsp3) is 0.438. The van der Waals surface area contributed by atoms with E-state index in [2.05, 4.69) is 20.8 Å². The van der Waals surface area contributed by atoms with Crippen molar-refractivity contribution in [2.24, 2.45) is 0 Å². The highest BCUT2D eigenvalue weighted by atomic mass is 32.2. The first kappa shape index (κ1) is 20.5. The molecule has 0 radical (unpaired) electrons. The molecule has 2 N–H and O–H groups in total. The van der Waals surface area contributed by atoms with Crippen molar-refractivity contribution in [1.82, 2.24) is 10.2 Å². The molecule has 1 heterocycles. The molecule has 0 bridgehead atoms. The van der Waals surface area contributed by atoms with Crippen LogP contribution in [0.25, 0.3) is 0 Å². The van der Waals surface area contributed by atoms with Crippen LogP contribution in [0.15, 0.2) is 28.6 Å². The van der Waals surface area contributed by atoms with Crippen LogP contribution in [0, 0.1) is 0 Å². The number of thioether (sulfide) groups is 1. The monoisotopic (exact) mass is 404 g/mol. The van der Waals surface area contributed by atoms with E-state index in [1.165, 1.54) is 0 Å².